The van der Waals surface area contributed by atoms with Crippen LogP contribution in [-0.2, 0) is 4.79 Å². The van der Waals surface area contributed by atoms with Gasteiger partial charge in [0.2, 0.25) is 0 Å². The van der Waals surface area contributed by atoms with Crippen LogP contribution in [0.2, 0.25) is 0 Å². The number of carbonyl (C=O) groups excluding carboxylic acids is 2. The normalized spacial score (nSPS) is 27.9. The van der Waals surface area contributed by atoms with E-state index in [2.05, 4.69) is 6.92 Å². The van der Waals surface area contributed by atoms with Gasteiger partial charge in [0.05, 0.1) is 11.2 Å². The predicted molar refractivity (Wildman–Crippen MR) is 103 cm³/mol. The van der Waals surface area contributed by atoms with Crippen LogP contribution in [0.15, 0.2) is 34.2 Å². The van der Waals surface area contributed by atoms with Gasteiger partial charge in [0.25, 0.3) is 5.91 Å². The Morgan fingerprint density at radius 2 is 1.97 bits per heavy atom. The Hall–Kier alpha value is -2.84. The number of amides is 2. The van der Waals surface area contributed by atoms with Gasteiger partial charge < -0.3 is 19.1 Å². The molecule has 9 nitrogen and oxygen atoms in total. The van der Waals surface area contributed by atoms with Gasteiger partial charge in [-0.25, -0.2) is 0 Å². The van der Waals surface area contributed by atoms with Crippen LogP contribution >= 0.6 is 0 Å². The third-order valence-electron chi connectivity index (χ3n) is 6.51. The molecule has 3 unspecified atom stereocenters. The van der Waals surface area contributed by atoms with Gasteiger partial charge in [0.1, 0.15) is 5.70 Å². The minimum absolute atomic E-state index is 0.000167. The number of likely N-dealkylation sites (N-methyl/N-ethyl adjacent to an activating group) is 1. The molecule has 3 atom stereocenters. The molecule has 0 N–H and O–H groups in total. The van der Waals surface area contributed by atoms with E-state index in [-0.39, 0.29) is 23.6 Å². The van der Waals surface area contributed by atoms with Crippen molar-refractivity contribution in [3.8, 4) is 0 Å². The summed E-state index contributed by atoms with van der Waals surface area (Å²) in [5, 5.41) is 11.8. The zero-order valence-corrected chi connectivity index (χ0v) is 16.7. The van der Waals surface area contributed by atoms with E-state index in [1.165, 1.54) is 6.26 Å². The molecule has 3 aliphatic rings. The fraction of sp³-hybridized carbons (Fsp3) is 0.600. The first-order chi connectivity index (χ1) is 13.9. The highest BCUT2D eigenvalue weighted by molar-refractivity contribution is 5.93. The standard InChI is InChI=1S/C20H26N4O5/c1-13-5-6-15-14(12-13)17(18(24(27)28)20(26)21(15)2)22-7-9-23(10-8-22)19(25)16-4-3-11-29-16/h3-4,11,13-15H,5-10,12H2,1-2H3. The van der Waals surface area contributed by atoms with Gasteiger partial charge in [-0.15, -0.1) is 0 Å². The van der Waals surface area contributed by atoms with E-state index in [1.54, 1.807) is 29.0 Å². The number of piperazine rings is 1. The lowest BCUT2D eigenvalue weighted by Gasteiger charge is -2.47. The molecule has 0 radical (unpaired) electrons. The summed E-state index contributed by atoms with van der Waals surface area (Å²) in [6, 6.07) is 3.30. The lowest BCUT2D eigenvalue weighted by Crippen LogP contribution is -2.56. The molecule has 29 heavy (non-hydrogen) atoms. The quantitative estimate of drug-likeness (QED) is 0.565. The van der Waals surface area contributed by atoms with Crippen LogP contribution in [0, 0.1) is 22.0 Å². The van der Waals surface area contributed by atoms with Crippen LogP contribution in [0.25, 0.3) is 0 Å². The lowest BCUT2D eigenvalue weighted by molar-refractivity contribution is -0.424. The minimum Gasteiger partial charge on any atom is -0.459 e. The zero-order chi connectivity index (χ0) is 20.7. The molecule has 0 spiro atoms. The van der Waals surface area contributed by atoms with Crippen molar-refractivity contribution in [1.82, 2.24) is 14.7 Å². The molecule has 0 aromatic carbocycles. The maximum absolute atomic E-state index is 12.8. The van der Waals surface area contributed by atoms with Crippen molar-refractivity contribution < 1.29 is 18.9 Å². The molecule has 1 saturated heterocycles. The Balaban J connectivity index is 1.60. The topological polar surface area (TPSA) is 100 Å². The summed E-state index contributed by atoms with van der Waals surface area (Å²) in [6.45, 7) is 3.97. The molecule has 4 rings (SSSR count). The second kappa shape index (κ2) is 7.53. The Morgan fingerprint density at radius 3 is 2.59 bits per heavy atom. The van der Waals surface area contributed by atoms with Crippen LogP contribution < -0.4 is 0 Å². The molecule has 156 valence electrons. The number of rotatable bonds is 3. The molecule has 1 saturated carbocycles. The lowest BCUT2D eigenvalue weighted by atomic mass is 9.74. The number of hydrogen-bond acceptors (Lipinski definition) is 6. The van der Waals surface area contributed by atoms with Crippen LogP contribution in [0.4, 0.5) is 0 Å². The van der Waals surface area contributed by atoms with Crippen molar-refractivity contribution in [2.75, 3.05) is 33.2 Å². The van der Waals surface area contributed by atoms with Crippen LogP contribution in [0.1, 0.15) is 36.7 Å². The summed E-state index contributed by atoms with van der Waals surface area (Å²) in [6.07, 6.45) is 4.18. The molecule has 1 aromatic rings. The van der Waals surface area contributed by atoms with Crippen molar-refractivity contribution in [1.29, 1.82) is 0 Å². The van der Waals surface area contributed by atoms with E-state index in [4.69, 9.17) is 4.42 Å². The van der Waals surface area contributed by atoms with Gasteiger partial charge in [0, 0.05) is 45.2 Å². The van der Waals surface area contributed by atoms with Gasteiger partial charge in [-0.2, -0.15) is 0 Å². The molecule has 1 aliphatic carbocycles. The summed E-state index contributed by atoms with van der Waals surface area (Å²) in [4.78, 5) is 41.9. The smallest absolute Gasteiger partial charge is 0.352 e. The van der Waals surface area contributed by atoms with Crippen LogP contribution in [-0.4, -0.2) is 70.7 Å². The fourth-order valence-electron chi connectivity index (χ4n) is 4.99. The van der Waals surface area contributed by atoms with Gasteiger partial charge in [-0.3, -0.25) is 19.7 Å². The van der Waals surface area contributed by atoms with Gasteiger partial charge >= 0.3 is 11.6 Å². The molecule has 2 fully saturated rings. The third-order valence-corrected chi connectivity index (χ3v) is 6.51. The largest absolute Gasteiger partial charge is 0.459 e. The van der Waals surface area contributed by atoms with Crippen LogP contribution in [0.5, 0.6) is 0 Å². The molecule has 0 bridgehead atoms. The number of furan rings is 1. The van der Waals surface area contributed by atoms with Crippen molar-refractivity contribution in [3.63, 3.8) is 0 Å². The number of fused-ring (bicyclic) bond motifs is 1. The molecule has 2 aliphatic heterocycles. The summed E-state index contributed by atoms with van der Waals surface area (Å²) in [7, 11) is 1.68. The predicted octanol–water partition coefficient (Wildman–Crippen LogP) is 1.80. The average Bonchev–Trinajstić information content (AvgIpc) is 3.24. The molecule has 3 heterocycles. The number of nitrogens with zero attached hydrogens (tertiary/aromatic N) is 4. The summed E-state index contributed by atoms with van der Waals surface area (Å²) in [5.41, 5.74) is 0.272. The fourth-order valence-corrected chi connectivity index (χ4v) is 4.99. The number of hydrogen-bond donors (Lipinski definition) is 0. The SMILES string of the molecule is CC1CCC2C(C1)C(N1CCN(C(=O)c3ccco3)CC1)=C([N+](=O)[O-])C(=O)N2C. The monoisotopic (exact) mass is 402 g/mol. The average molecular weight is 402 g/mol. The van der Waals surface area contributed by atoms with Gasteiger partial charge in [0.15, 0.2) is 5.76 Å². The molecule has 2 amide bonds. The van der Waals surface area contributed by atoms with Crippen LogP contribution in [0.3, 0.4) is 0 Å². The highest BCUT2D eigenvalue weighted by Crippen LogP contribution is 2.42. The molecular formula is C20H26N4O5. The van der Waals surface area contributed by atoms with Gasteiger partial charge in [-0.05, 0) is 37.3 Å². The molecule has 1 aromatic heterocycles. The maximum Gasteiger partial charge on any atom is 0.352 e. The molecular weight excluding hydrogens is 376 g/mol. The van der Waals surface area contributed by atoms with Crippen molar-refractivity contribution in [3.05, 3.63) is 45.7 Å². The van der Waals surface area contributed by atoms with E-state index in [1.807, 2.05) is 4.90 Å². The second-order valence-corrected chi connectivity index (χ2v) is 8.26. The minimum atomic E-state index is -0.524. The second-order valence-electron chi connectivity index (χ2n) is 8.26. The summed E-state index contributed by atoms with van der Waals surface area (Å²) in [5.74, 6) is 0.0350. The molecule has 9 heteroatoms. The Labute approximate surface area is 169 Å². The highest BCUT2D eigenvalue weighted by atomic mass is 16.6. The van der Waals surface area contributed by atoms with E-state index < -0.39 is 10.8 Å². The van der Waals surface area contributed by atoms with E-state index >= 15 is 0 Å². The Morgan fingerprint density at radius 1 is 1.24 bits per heavy atom. The summed E-state index contributed by atoms with van der Waals surface area (Å²) >= 11 is 0. The Kier molecular flexibility index (Phi) is 5.06. The van der Waals surface area contributed by atoms with Crippen molar-refractivity contribution in [2.45, 2.75) is 32.2 Å². The third kappa shape index (κ3) is 3.38. The van der Waals surface area contributed by atoms with Crippen molar-refractivity contribution in [2.24, 2.45) is 11.8 Å². The van der Waals surface area contributed by atoms with E-state index in [0.29, 0.717) is 43.6 Å². The number of nitro groups is 1. The van der Waals surface area contributed by atoms with E-state index in [0.717, 1.165) is 19.3 Å². The van der Waals surface area contributed by atoms with E-state index in [9.17, 15) is 19.7 Å². The highest BCUT2D eigenvalue weighted by Gasteiger charge is 2.49. The first-order valence-electron chi connectivity index (χ1n) is 10.1. The first kappa shape index (κ1) is 19.5. The maximum atomic E-state index is 12.8. The zero-order valence-electron chi connectivity index (χ0n) is 16.7. The first-order valence-corrected chi connectivity index (χ1v) is 10.1. The number of carbonyl (C=O) groups is 2. The Bertz CT molecular complexity index is 841. The summed E-state index contributed by atoms with van der Waals surface area (Å²) < 4.78 is 5.19. The van der Waals surface area contributed by atoms with Crippen molar-refractivity contribution >= 4 is 11.8 Å². The van der Waals surface area contributed by atoms with Gasteiger partial charge in [-0.1, -0.05) is 6.92 Å².